The topological polar surface area (TPSA) is 42.4 Å². The van der Waals surface area contributed by atoms with E-state index in [2.05, 4.69) is 43.3 Å². The summed E-state index contributed by atoms with van der Waals surface area (Å²) in [5, 5.41) is 9.63. The molecule has 4 rings (SSSR count). The summed E-state index contributed by atoms with van der Waals surface area (Å²) in [6, 6.07) is 27.6. The summed E-state index contributed by atoms with van der Waals surface area (Å²) >= 11 is 0. The van der Waals surface area contributed by atoms with Crippen molar-refractivity contribution in [3.63, 3.8) is 0 Å². The molecule has 3 nitrogen and oxygen atoms in total. The summed E-state index contributed by atoms with van der Waals surface area (Å²) in [5.74, 6) is 1.06. The van der Waals surface area contributed by atoms with Crippen LogP contribution in [0.4, 0.5) is 0 Å². The number of hydrogen-bond acceptors (Lipinski definition) is 3. The van der Waals surface area contributed by atoms with Crippen LogP contribution in [0.15, 0.2) is 84.9 Å². The Morgan fingerprint density at radius 3 is 1.89 bits per heavy atom. The van der Waals surface area contributed by atoms with Gasteiger partial charge < -0.3 is 9.84 Å². The zero-order valence-corrected chi connectivity index (χ0v) is 15.9. The lowest BCUT2D eigenvalue weighted by Gasteiger charge is -2.13. The van der Waals surface area contributed by atoms with E-state index in [4.69, 9.17) is 9.72 Å². The smallest absolute Gasteiger partial charge is 0.126 e. The summed E-state index contributed by atoms with van der Waals surface area (Å²) in [6.45, 7) is 2.07. The lowest BCUT2D eigenvalue weighted by molar-refractivity contribution is 0.416. The van der Waals surface area contributed by atoms with Gasteiger partial charge in [-0.15, -0.1) is 0 Å². The highest BCUT2D eigenvalue weighted by molar-refractivity contribution is 5.79. The summed E-state index contributed by atoms with van der Waals surface area (Å²) < 4.78 is 5.57. The largest absolute Gasteiger partial charge is 0.508 e. The Morgan fingerprint density at radius 1 is 0.714 bits per heavy atom. The molecule has 0 atom stereocenters. The predicted octanol–water partition coefficient (Wildman–Crippen LogP) is 6.11. The molecule has 0 spiro atoms. The maximum Gasteiger partial charge on any atom is 0.126 e. The number of aromatic nitrogens is 1. The number of nitrogens with zero attached hydrogens (tertiary/aromatic N) is 1. The number of para-hydroxylation sites is 1. The van der Waals surface area contributed by atoms with E-state index in [1.165, 1.54) is 5.56 Å². The van der Waals surface area contributed by atoms with Gasteiger partial charge in [0.2, 0.25) is 0 Å². The van der Waals surface area contributed by atoms with Crippen molar-refractivity contribution in [1.82, 2.24) is 4.98 Å². The van der Waals surface area contributed by atoms with Crippen molar-refractivity contribution in [2.45, 2.75) is 6.92 Å². The van der Waals surface area contributed by atoms with Gasteiger partial charge in [0.1, 0.15) is 11.5 Å². The number of phenolic OH excluding ortho intramolecular Hbond substituents is 1. The van der Waals surface area contributed by atoms with Crippen molar-refractivity contribution in [1.29, 1.82) is 0 Å². The molecule has 0 radical (unpaired) electrons. The summed E-state index contributed by atoms with van der Waals surface area (Å²) in [6.07, 6.45) is 0. The molecule has 3 heteroatoms. The molecule has 138 valence electrons. The Morgan fingerprint density at radius 2 is 1.29 bits per heavy atom. The van der Waals surface area contributed by atoms with Crippen molar-refractivity contribution in [3.05, 3.63) is 90.5 Å². The molecular formula is C25H21NO2. The Labute approximate surface area is 164 Å². The highest BCUT2D eigenvalue weighted by atomic mass is 16.5. The molecule has 0 aliphatic carbocycles. The van der Waals surface area contributed by atoms with Gasteiger partial charge in [0.15, 0.2) is 0 Å². The molecule has 3 aromatic carbocycles. The summed E-state index contributed by atoms with van der Waals surface area (Å²) in [4.78, 5) is 4.89. The number of benzene rings is 3. The van der Waals surface area contributed by atoms with Gasteiger partial charge >= 0.3 is 0 Å². The minimum Gasteiger partial charge on any atom is -0.508 e. The third-order valence-electron chi connectivity index (χ3n) is 4.75. The second-order valence-corrected chi connectivity index (χ2v) is 6.74. The first-order valence-electron chi connectivity index (χ1n) is 9.16. The fourth-order valence-electron chi connectivity index (χ4n) is 3.22. The van der Waals surface area contributed by atoms with E-state index >= 15 is 0 Å². The van der Waals surface area contributed by atoms with Crippen molar-refractivity contribution < 1.29 is 9.84 Å². The molecule has 28 heavy (non-hydrogen) atoms. The van der Waals surface area contributed by atoms with Crippen LogP contribution in [0.3, 0.4) is 0 Å². The Hall–Kier alpha value is -3.59. The molecule has 0 saturated carbocycles. The summed E-state index contributed by atoms with van der Waals surface area (Å²) in [5.41, 5.74) is 7.01. The molecule has 1 aromatic heterocycles. The molecule has 1 N–H and O–H groups in total. The normalized spacial score (nSPS) is 10.6. The lowest BCUT2D eigenvalue weighted by atomic mass is 9.99. The molecule has 1 heterocycles. The number of rotatable bonds is 4. The fourth-order valence-corrected chi connectivity index (χ4v) is 3.22. The van der Waals surface area contributed by atoms with Gasteiger partial charge in [-0.1, -0.05) is 48.0 Å². The molecule has 0 saturated heterocycles. The van der Waals surface area contributed by atoms with Crippen LogP contribution < -0.4 is 4.74 Å². The molecule has 0 unspecified atom stereocenters. The fraction of sp³-hybridized carbons (Fsp3) is 0.0800. The molecular weight excluding hydrogens is 346 g/mol. The highest BCUT2D eigenvalue weighted by Crippen LogP contribution is 2.35. The zero-order valence-electron chi connectivity index (χ0n) is 15.9. The standard InChI is InChI=1S/C25H21NO2/c1-17-7-9-18(10-8-17)23-15-20(22-5-3-4-6-25(22)28-2)16-24(26-23)19-11-13-21(27)14-12-19/h3-16,27H,1-2H3. The maximum atomic E-state index is 9.63. The van der Waals surface area contributed by atoms with Crippen LogP contribution in [0.1, 0.15) is 5.56 Å². The molecule has 0 aliphatic rings. The second-order valence-electron chi connectivity index (χ2n) is 6.74. The average Bonchev–Trinajstić information content (AvgIpc) is 2.74. The maximum absolute atomic E-state index is 9.63. The van der Waals surface area contributed by atoms with E-state index in [-0.39, 0.29) is 5.75 Å². The molecule has 0 amide bonds. The number of aryl methyl sites for hydroxylation is 1. The SMILES string of the molecule is COc1ccccc1-c1cc(-c2ccc(C)cc2)nc(-c2ccc(O)cc2)c1. The van der Waals surface area contributed by atoms with Gasteiger partial charge in [-0.2, -0.15) is 0 Å². The number of methoxy groups -OCH3 is 1. The molecule has 0 aliphatic heterocycles. The van der Waals surface area contributed by atoms with Crippen LogP contribution in [0.5, 0.6) is 11.5 Å². The second kappa shape index (κ2) is 7.57. The van der Waals surface area contributed by atoms with Crippen molar-refractivity contribution in [2.24, 2.45) is 0 Å². The van der Waals surface area contributed by atoms with E-state index in [9.17, 15) is 5.11 Å². The Bertz CT molecular complexity index is 1040. The van der Waals surface area contributed by atoms with Crippen LogP contribution in [0.2, 0.25) is 0 Å². The van der Waals surface area contributed by atoms with E-state index in [0.29, 0.717) is 0 Å². The van der Waals surface area contributed by atoms with Crippen LogP contribution in [0, 0.1) is 6.92 Å². The van der Waals surface area contributed by atoms with Gasteiger partial charge in [0.05, 0.1) is 18.5 Å². The van der Waals surface area contributed by atoms with Crippen LogP contribution in [-0.4, -0.2) is 17.2 Å². The van der Waals surface area contributed by atoms with E-state index < -0.39 is 0 Å². The van der Waals surface area contributed by atoms with Crippen molar-refractivity contribution >= 4 is 0 Å². The number of phenols is 1. The number of aromatic hydroxyl groups is 1. The monoisotopic (exact) mass is 367 g/mol. The average molecular weight is 367 g/mol. The van der Waals surface area contributed by atoms with Gasteiger partial charge in [-0.3, -0.25) is 0 Å². The summed E-state index contributed by atoms with van der Waals surface area (Å²) in [7, 11) is 1.68. The molecule has 0 bridgehead atoms. The van der Waals surface area contributed by atoms with Crippen LogP contribution in [-0.2, 0) is 0 Å². The zero-order chi connectivity index (χ0) is 19.5. The third kappa shape index (κ3) is 3.60. The van der Waals surface area contributed by atoms with Gasteiger partial charge in [0, 0.05) is 16.7 Å². The minimum absolute atomic E-state index is 0.239. The predicted molar refractivity (Wildman–Crippen MR) is 113 cm³/mol. The Kier molecular flexibility index (Phi) is 4.81. The van der Waals surface area contributed by atoms with Gasteiger partial charge in [0.25, 0.3) is 0 Å². The first-order valence-corrected chi connectivity index (χ1v) is 9.16. The lowest BCUT2D eigenvalue weighted by Crippen LogP contribution is -1.93. The van der Waals surface area contributed by atoms with E-state index in [0.717, 1.165) is 39.4 Å². The van der Waals surface area contributed by atoms with Crippen LogP contribution in [0.25, 0.3) is 33.6 Å². The number of hydrogen-bond donors (Lipinski definition) is 1. The first-order chi connectivity index (χ1) is 13.6. The third-order valence-corrected chi connectivity index (χ3v) is 4.75. The van der Waals surface area contributed by atoms with Crippen molar-refractivity contribution in [3.8, 4) is 45.1 Å². The first kappa shape index (κ1) is 17.8. The minimum atomic E-state index is 0.239. The van der Waals surface area contributed by atoms with E-state index in [1.54, 1.807) is 19.2 Å². The van der Waals surface area contributed by atoms with Crippen LogP contribution >= 0.6 is 0 Å². The number of pyridine rings is 1. The highest BCUT2D eigenvalue weighted by Gasteiger charge is 2.12. The quantitative estimate of drug-likeness (QED) is 0.473. The Balaban J connectivity index is 1.92. The van der Waals surface area contributed by atoms with E-state index in [1.807, 2.05) is 36.4 Å². The van der Waals surface area contributed by atoms with Gasteiger partial charge in [-0.05, 0) is 55.0 Å². The molecule has 0 fully saturated rings. The number of ether oxygens (including phenoxy) is 1. The van der Waals surface area contributed by atoms with Gasteiger partial charge in [-0.25, -0.2) is 4.98 Å². The van der Waals surface area contributed by atoms with Crippen molar-refractivity contribution in [2.75, 3.05) is 7.11 Å². The molecule has 4 aromatic rings.